The van der Waals surface area contributed by atoms with Gasteiger partial charge in [0.05, 0.1) is 18.8 Å². The topological polar surface area (TPSA) is 80.3 Å². The first-order valence-electron chi connectivity index (χ1n) is 8.08. The number of imidazole rings is 1. The van der Waals surface area contributed by atoms with E-state index in [4.69, 9.17) is 4.42 Å². The third kappa shape index (κ3) is 4.26. The van der Waals surface area contributed by atoms with Crippen LogP contribution in [0.3, 0.4) is 0 Å². The molecular formula is C18H22N6O. The van der Waals surface area contributed by atoms with Crippen molar-refractivity contribution in [2.45, 2.75) is 20.0 Å². The van der Waals surface area contributed by atoms with Crippen molar-refractivity contribution in [1.29, 1.82) is 0 Å². The predicted molar refractivity (Wildman–Crippen MR) is 96.9 cm³/mol. The van der Waals surface area contributed by atoms with Crippen molar-refractivity contribution in [3.63, 3.8) is 0 Å². The fourth-order valence-corrected chi connectivity index (χ4v) is 2.34. The van der Waals surface area contributed by atoms with Crippen LogP contribution >= 0.6 is 0 Å². The van der Waals surface area contributed by atoms with Crippen molar-refractivity contribution in [2.24, 2.45) is 12.0 Å². The molecule has 0 fully saturated rings. The van der Waals surface area contributed by atoms with Crippen LogP contribution in [0.1, 0.15) is 17.1 Å². The average molecular weight is 338 g/mol. The molecule has 130 valence electrons. The second-order valence-corrected chi connectivity index (χ2v) is 5.74. The van der Waals surface area contributed by atoms with Gasteiger partial charge in [-0.2, -0.15) is 0 Å². The van der Waals surface area contributed by atoms with E-state index in [9.17, 15) is 0 Å². The van der Waals surface area contributed by atoms with Gasteiger partial charge in [-0.25, -0.2) is 9.97 Å². The molecule has 0 aliphatic carbocycles. The summed E-state index contributed by atoms with van der Waals surface area (Å²) in [6.45, 7) is 3.17. The standard InChI is InChI=1S/C18H22N6O/c1-13-4-6-14(7-5-13)17-23-15(12-25-17)10-21-18(19-2)22-11-16-20-8-9-24(16)3/h4-9,12H,10-11H2,1-3H3,(H2,19,21,22). The fraction of sp³-hybridized carbons (Fsp3) is 0.278. The number of aliphatic imine (C=N–C) groups is 1. The molecule has 0 bridgehead atoms. The molecule has 0 unspecified atom stereocenters. The molecule has 3 aromatic rings. The summed E-state index contributed by atoms with van der Waals surface area (Å²) in [5, 5.41) is 6.45. The van der Waals surface area contributed by atoms with Gasteiger partial charge in [-0.1, -0.05) is 17.7 Å². The molecule has 0 saturated heterocycles. The van der Waals surface area contributed by atoms with E-state index in [1.165, 1.54) is 5.56 Å². The minimum Gasteiger partial charge on any atom is -0.444 e. The van der Waals surface area contributed by atoms with Gasteiger partial charge in [0.2, 0.25) is 5.89 Å². The maximum absolute atomic E-state index is 5.57. The van der Waals surface area contributed by atoms with E-state index in [0.717, 1.165) is 17.1 Å². The highest BCUT2D eigenvalue weighted by Crippen LogP contribution is 2.18. The third-order valence-electron chi connectivity index (χ3n) is 3.85. The lowest BCUT2D eigenvalue weighted by molar-refractivity contribution is 0.572. The molecule has 7 nitrogen and oxygen atoms in total. The van der Waals surface area contributed by atoms with E-state index in [-0.39, 0.29) is 0 Å². The normalized spacial score (nSPS) is 11.6. The molecule has 0 saturated carbocycles. The Morgan fingerprint density at radius 3 is 2.64 bits per heavy atom. The first-order valence-corrected chi connectivity index (χ1v) is 8.08. The number of nitrogens with one attached hydrogen (secondary N) is 2. The minimum absolute atomic E-state index is 0.523. The third-order valence-corrected chi connectivity index (χ3v) is 3.85. The molecule has 0 aliphatic rings. The SMILES string of the molecule is CN=C(NCc1coc(-c2ccc(C)cc2)n1)NCc1nccn1C. The van der Waals surface area contributed by atoms with Gasteiger partial charge in [0.25, 0.3) is 0 Å². The Hall–Kier alpha value is -3.09. The zero-order chi connectivity index (χ0) is 17.6. The van der Waals surface area contributed by atoms with Crippen LogP contribution in [0.15, 0.2) is 52.3 Å². The lowest BCUT2D eigenvalue weighted by Crippen LogP contribution is -2.36. The van der Waals surface area contributed by atoms with Crippen molar-refractivity contribution >= 4 is 5.96 Å². The van der Waals surface area contributed by atoms with Gasteiger partial charge in [-0.3, -0.25) is 4.99 Å². The van der Waals surface area contributed by atoms with E-state index < -0.39 is 0 Å². The number of guanidine groups is 1. The summed E-state index contributed by atoms with van der Waals surface area (Å²) in [5.74, 6) is 2.24. The molecule has 0 aliphatic heterocycles. The maximum Gasteiger partial charge on any atom is 0.226 e. The largest absolute Gasteiger partial charge is 0.444 e. The van der Waals surface area contributed by atoms with Gasteiger partial charge in [0, 0.05) is 32.1 Å². The summed E-state index contributed by atoms with van der Waals surface area (Å²) in [4.78, 5) is 13.0. The molecule has 0 radical (unpaired) electrons. The Morgan fingerprint density at radius 2 is 1.96 bits per heavy atom. The first-order chi connectivity index (χ1) is 12.2. The summed E-state index contributed by atoms with van der Waals surface area (Å²) in [6, 6.07) is 8.10. The highest BCUT2D eigenvalue weighted by molar-refractivity contribution is 5.79. The zero-order valence-electron chi connectivity index (χ0n) is 14.7. The number of benzene rings is 1. The highest BCUT2D eigenvalue weighted by Gasteiger charge is 2.08. The van der Waals surface area contributed by atoms with Crippen LogP contribution in [-0.4, -0.2) is 27.5 Å². The van der Waals surface area contributed by atoms with E-state index in [2.05, 4.69) is 32.5 Å². The number of hydrogen-bond acceptors (Lipinski definition) is 4. The van der Waals surface area contributed by atoms with Gasteiger partial charge in [0.1, 0.15) is 12.1 Å². The zero-order valence-corrected chi connectivity index (χ0v) is 14.7. The monoisotopic (exact) mass is 338 g/mol. The van der Waals surface area contributed by atoms with Crippen LogP contribution < -0.4 is 10.6 Å². The first kappa shape index (κ1) is 16.8. The van der Waals surface area contributed by atoms with Crippen LogP contribution in [0.25, 0.3) is 11.5 Å². The molecule has 2 N–H and O–H groups in total. The summed E-state index contributed by atoms with van der Waals surface area (Å²) in [5.41, 5.74) is 2.99. The Labute approximate surface area is 146 Å². The second kappa shape index (κ2) is 7.65. The van der Waals surface area contributed by atoms with Gasteiger partial charge < -0.3 is 19.6 Å². The molecule has 3 rings (SSSR count). The molecule has 2 heterocycles. The Kier molecular flexibility index (Phi) is 5.13. The van der Waals surface area contributed by atoms with Crippen molar-refractivity contribution in [2.75, 3.05) is 7.05 Å². The fourth-order valence-electron chi connectivity index (χ4n) is 2.34. The van der Waals surface area contributed by atoms with Crippen LogP contribution in [0.4, 0.5) is 0 Å². The molecular weight excluding hydrogens is 316 g/mol. The highest BCUT2D eigenvalue weighted by atomic mass is 16.3. The lowest BCUT2D eigenvalue weighted by Gasteiger charge is -2.10. The Morgan fingerprint density at radius 1 is 1.20 bits per heavy atom. The number of oxazole rings is 1. The van der Waals surface area contributed by atoms with Crippen molar-refractivity contribution in [3.05, 3.63) is 60.0 Å². The molecule has 25 heavy (non-hydrogen) atoms. The molecule has 0 amide bonds. The van der Waals surface area contributed by atoms with Crippen molar-refractivity contribution < 1.29 is 4.42 Å². The molecule has 2 aromatic heterocycles. The number of nitrogens with zero attached hydrogens (tertiary/aromatic N) is 4. The van der Waals surface area contributed by atoms with Gasteiger partial charge in [0.15, 0.2) is 5.96 Å². The van der Waals surface area contributed by atoms with Crippen LogP contribution in [0.2, 0.25) is 0 Å². The van der Waals surface area contributed by atoms with Gasteiger partial charge >= 0.3 is 0 Å². The second-order valence-electron chi connectivity index (χ2n) is 5.74. The minimum atomic E-state index is 0.523. The Balaban J connectivity index is 1.55. The summed E-state index contributed by atoms with van der Waals surface area (Å²) < 4.78 is 7.53. The van der Waals surface area contributed by atoms with Crippen LogP contribution in [0, 0.1) is 6.92 Å². The molecule has 7 heteroatoms. The number of aryl methyl sites for hydroxylation is 2. The quantitative estimate of drug-likeness (QED) is 0.551. The lowest BCUT2D eigenvalue weighted by atomic mass is 10.1. The molecule has 0 spiro atoms. The van der Waals surface area contributed by atoms with E-state index in [0.29, 0.717) is 24.9 Å². The summed E-state index contributed by atoms with van der Waals surface area (Å²) in [6.07, 6.45) is 5.35. The number of hydrogen-bond donors (Lipinski definition) is 2. The van der Waals surface area contributed by atoms with E-state index in [1.54, 1.807) is 19.5 Å². The number of rotatable bonds is 5. The maximum atomic E-state index is 5.57. The average Bonchev–Trinajstić information content (AvgIpc) is 3.25. The van der Waals surface area contributed by atoms with Crippen LogP contribution in [0.5, 0.6) is 0 Å². The van der Waals surface area contributed by atoms with E-state index >= 15 is 0 Å². The number of aromatic nitrogens is 3. The van der Waals surface area contributed by atoms with Crippen LogP contribution in [-0.2, 0) is 20.1 Å². The molecule has 0 atom stereocenters. The molecule has 1 aromatic carbocycles. The van der Waals surface area contributed by atoms with Gasteiger partial charge in [-0.15, -0.1) is 0 Å². The summed E-state index contributed by atoms with van der Waals surface area (Å²) >= 11 is 0. The Bertz CT molecular complexity index is 847. The predicted octanol–water partition coefficient (Wildman–Crippen LogP) is 2.25. The summed E-state index contributed by atoms with van der Waals surface area (Å²) in [7, 11) is 3.69. The van der Waals surface area contributed by atoms with Crippen molar-refractivity contribution in [3.8, 4) is 11.5 Å². The van der Waals surface area contributed by atoms with Gasteiger partial charge in [-0.05, 0) is 19.1 Å². The smallest absolute Gasteiger partial charge is 0.226 e. The van der Waals surface area contributed by atoms with Crippen molar-refractivity contribution in [1.82, 2.24) is 25.2 Å². The van der Waals surface area contributed by atoms with E-state index in [1.807, 2.05) is 42.1 Å².